The molecule has 0 saturated carbocycles. The van der Waals surface area contributed by atoms with Gasteiger partial charge in [-0.1, -0.05) is 26.0 Å². The highest BCUT2D eigenvalue weighted by Crippen LogP contribution is 2.16. The Morgan fingerprint density at radius 2 is 2.18 bits per heavy atom. The lowest BCUT2D eigenvalue weighted by Crippen LogP contribution is -2.25. The van der Waals surface area contributed by atoms with E-state index >= 15 is 0 Å². The lowest BCUT2D eigenvalue weighted by atomic mass is 10.0. The minimum absolute atomic E-state index is 0.138. The zero-order chi connectivity index (χ0) is 12.7. The van der Waals surface area contributed by atoms with Gasteiger partial charge in [-0.05, 0) is 24.1 Å². The maximum absolute atomic E-state index is 13.1. The van der Waals surface area contributed by atoms with Gasteiger partial charge >= 0.3 is 0 Å². The molecule has 0 aliphatic carbocycles. The largest absolute Gasteiger partial charge is 0.309 e. The molecule has 0 aliphatic heterocycles. The van der Waals surface area contributed by atoms with Gasteiger partial charge in [-0.15, -0.1) is 0 Å². The Morgan fingerprint density at radius 1 is 1.41 bits per heavy atom. The summed E-state index contributed by atoms with van der Waals surface area (Å²) in [6.07, 6.45) is 0.891. The summed E-state index contributed by atoms with van der Waals surface area (Å²) < 4.78 is 24.4. The summed E-state index contributed by atoms with van der Waals surface area (Å²) in [6.45, 7) is 4.68. The molecule has 0 spiro atoms. The van der Waals surface area contributed by atoms with Gasteiger partial charge in [0.1, 0.15) is 5.82 Å². The van der Waals surface area contributed by atoms with Gasteiger partial charge in [-0.25, -0.2) is 4.39 Å². The molecule has 4 heteroatoms. The number of nitrogens with one attached hydrogen (secondary N) is 1. The average Bonchev–Trinajstić information content (AvgIpc) is 2.34. The van der Waals surface area contributed by atoms with Crippen LogP contribution in [0.2, 0.25) is 0 Å². The van der Waals surface area contributed by atoms with Gasteiger partial charge in [0, 0.05) is 34.9 Å². The van der Waals surface area contributed by atoms with Gasteiger partial charge in [0.2, 0.25) is 0 Å². The molecule has 1 N–H and O–H groups in total. The first-order valence-corrected chi connectivity index (χ1v) is 7.50. The summed E-state index contributed by atoms with van der Waals surface area (Å²) >= 11 is 0. The molecule has 0 saturated heterocycles. The first kappa shape index (κ1) is 14.3. The fourth-order valence-electron chi connectivity index (χ4n) is 1.71. The van der Waals surface area contributed by atoms with Crippen LogP contribution in [0.25, 0.3) is 0 Å². The normalized spacial score (nSPS) is 14.5. The molecule has 1 rings (SSSR count). The van der Waals surface area contributed by atoms with E-state index in [4.69, 9.17) is 0 Å². The van der Waals surface area contributed by atoms with Gasteiger partial charge < -0.3 is 5.32 Å². The minimum atomic E-state index is -0.743. The van der Waals surface area contributed by atoms with Crippen molar-refractivity contribution >= 4 is 10.8 Å². The Bertz CT molecular complexity index is 370. The van der Waals surface area contributed by atoms with Gasteiger partial charge in [-0.3, -0.25) is 4.21 Å². The topological polar surface area (TPSA) is 29.1 Å². The van der Waals surface area contributed by atoms with Gasteiger partial charge in [0.05, 0.1) is 0 Å². The van der Waals surface area contributed by atoms with E-state index < -0.39 is 10.8 Å². The molecule has 1 aromatic rings. The van der Waals surface area contributed by atoms with Gasteiger partial charge in [0.25, 0.3) is 0 Å². The van der Waals surface area contributed by atoms with Crippen LogP contribution >= 0.6 is 0 Å². The lowest BCUT2D eigenvalue weighted by molar-refractivity contribution is 0.532. The molecule has 17 heavy (non-hydrogen) atoms. The zero-order valence-corrected chi connectivity index (χ0v) is 11.2. The second kappa shape index (κ2) is 7.56. The van der Waals surface area contributed by atoms with E-state index in [2.05, 4.69) is 12.2 Å². The van der Waals surface area contributed by atoms with Crippen molar-refractivity contribution in [2.24, 2.45) is 0 Å². The van der Waals surface area contributed by atoms with Gasteiger partial charge in [-0.2, -0.15) is 0 Å². The van der Waals surface area contributed by atoms with Crippen LogP contribution in [0.1, 0.15) is 31.9 Å². The molecule has 2 unspecified atom stereocenters. The first-order chi connectivity index (χ1) is 8.17. The van der Waals surface area contributed by atoms with Crippen LogP contribution in [0, 0.1) is 5.82 Å². The summed E-state index contributed by atoms with van der Waals surface area (Å²) in [5.74, 6) is 1.14. The van der Waals surface area contributed by atoms with Crippen molar-refractivity contribution in [2.75, 3.05) is 18.1 Å². The van der Waals surface area contributed by atoms with E-state index in [0.717, 1.165) is 12.0 Å². The molecule has 0 aromatic heterocycles. The Balaban J connectivity index is 2.51. The van der Waals surface area contributed by atoms with Crippen molar-refractivity contribution in [3.63, 3.8) is 0 Å². The monoisotopic (exact) mass is 257 g/mol. The molecule has 96 valence electrons. The minimum Gasteiger partial charge on any atom is -0.309 e. The molecule has 2 atom stereocenters. The summed E-state index contributed by atoms with van der Waals surface area (Å²) in [6, 6.07) is 6.78. The Labute approximate surface area is 105 Å². The summed E-state index contributed by atoms with van der Waals surface area (Å²) in [7, 11) is -0.743. The molecule has 0 heterocycles. The van der Waals surface area contributed by atoms with Crippen molar-refractivity contribution in [3.8, 4) is 0 Å². The number of halogens is 1. The highest BCUT2D eigenvalue weighted by Gasteiger charge is 2.09. The van der Waals surface area contributed by atoms with Crippen LogP contribution in [0.5, 0.6) is 0 Å². The van der Waals surface area contributed by atoms with Crippen LogP contribution in [0.3, 0.4) is 0 Å². The molecular formula is C13H20FNOS. The molecule has 1 aromatic carbocycles. The molecule has 0 bridgehead atoms. The summed E-state index contributed by atoms with van der Waals surface area (Å²) in [5.41, 5.74) is 0.954. The van der Waals surface area contributed by atoms with Gasteiger partial charge in [0.15, 0.2) is 0 Å². The Kier molecular flexibility index (Phi) is 6.37. The van der Waals surface area contributed by atoms with E-state index in [-0.39, 0.29) is 11.9 Å². The third-order valence-corrected chi connectivity index (χ3v) is 4.01. The van der Waals surface area contributed by atoms with E-state index in [1.165, 1.54) is 6.07 Å². The summed E-state index contributed by atoms with van der Waals surface area (Å²) in [5, 5.41) is 3.32. The molecule has 0 fully saturated rings. The molecular weight excluding hydrogens is 237 g/mol. The van der Waals surface area contributed by atoms with Crippen LogP contribution in [-0.4, -0.2) is 22.3 Å². The standard InChI is InChI=1S/C13H20FNOS/c1-3-13(15-8-9-17(16)4-2)11-6-5-7-12(14)10-11/h5-7,10,13,15H,3-4,8-9H2,1-2H3. The van der Waals surface area contributed by atoms with Crippen molar-refractivity contribution in [3.05, 3.63) is 35.6 Å². The first-order valence-electron chi connectivity index (χ1n) is 6.01. The summed E-state index contributed by atoms with van der Waals surface area (Å²) in [4.78, 5) is 0. The molecule has 0 amide bonds. The number of hydrogen-bond acceptors (Lipinski definition) is 2. The fourth-order valence-corrected chi connectivity index (χ4v) is 2.35. The van der Waals surface area contributed by atoms with Crippen molar-refractivity contribution in [1.29, 1.82) is 0 Å². The zero-order valence-electron chi connectivity index (χ0n) is 10.4. The second-order valence-corrected chi connectivity index (χ2v) is 5.77. The van der Waals surface area contributed by atoms with E-state index in [9.17, 15) is 8.60 Å². The van der Waals surface area contributed by atoms with E-state index in [1.54, 1.807) is 12.1 Å². The number of rotatable bonds is 7. The van der Waals surface area contributed by atoms with Crippen molar-refractivity contribution in [2.45, 2.75) is 26.3 Å². The van der Waals surface area contributed by atoms with Crippen LogP contribution in [0.15, 0.2) is 24.3 Å². The van der Waals surface area contributed by atoms with Crippen LogP contribution in [-0.2, 0) is 10.8 Å². The molecule has 2 nitrogen and oxygen atoms in total. The van der Waals surface area contributed by atoms with Crippen molar-refractivity contribution in [1.82, 2.24) is 5.32 Å². The number of hydrogen-bond donors (Lipinski definition) is 1. The predicted octanol–water partition coefficient (Wildman–Crippen LogP) is 2.64. The van der Waals surface area contributed by atoms with Crippen molar-refractivity contribution < 1.29 is 8.60 Å². The molecule has 0 radical (unpaired) electrons. The fraction of sp³-hybridized carbons (Fsp3) is 0.538. The Morgan fingerprint density at radius 3 is 2.76 bits per heavy atom. The predicted molar refractivity (Wildman–Crippen MR) is 71.0 cm³/mol. The molecule has 0 aliphatic rings. The van der Waals surface area contributed by atoms with E-state index in [0.29, 0.717) is 18.1 Å². The third-order valence-electron chi connectivity index (χ3n) is 2.70. The quantitative estimate of drug-likeness (QED) is 0.813. The maximum Gasteiger partial charge on any atom is 0.123 e. The Hall–Kier alpha value is -0.740. The SMILES string of the molecule is CCC(NCCS(=O)CC)c1cccc(F)c1. The van der Waals surface area contributed by atoms with E-state index in [1.807, 2.05) is 13.0 Å². The van der Waals surface area contributed by atoms with Crippen LogP contribution < -0.4 is 5.32 Å². The maximum atomic E-state index is 13.1. The lowest BCUT2D eigenvalue weighted by Gasteiger charge is -2.17. The third kappa shape index (κ3) is 4.96. The number of benzene rings is 1. The van der Waals surface area contributed by atoms with Crippen LogP contribution in [0.4, 0.5) is 4.39 Å². The average molecular weight is 257 g/mol. The smallest absolute Gasteiger partial charge is 0.123 e. The highest BCUT2D eigenvalue weighted by atomic mass is 32.2. The second-order valence-electron chi connectivity index (χ2n) is 3.90. The highest BCUT2D eigenvalue weighted by molar-refractivity contribution is 7.84.